The molecule has 1 aromatic carbocycles. The molecule has 1 saturated carbocycles. The van der Waals surface area contributed by atoms with Crippen LogP contribution in [0.25, 0.3) is 0 Å². The van der Waals surface area contributed by atoms with Gasteiger partial charge in [-0.25, -0.2) is 0 Å². The molecule has 1 fully saturated rings. The van der Waals surface area contributed by atoms with Crippen LogP contribution in [-0.4, -0.2) is 37.3 Å². The second-order valence-corrected chi connectivity index (χ2v) is 5.74. The van der Waals surface area contributed by atoms with Crippen molar-refractivity contribution in [2.75, 3.05) is 27.3 Å². The fourth-order valence-electron chi connectivity index (χ4n) is 3.26. The number of nitrogens with zero attached hydrogens (tertiary/aromatic N) is 1. The molecule has 1 N–H and O–H groups in total. The van der Waals surface area contributed by atoms with E-state index in [0.717, 1.165) is 18.6 Å². The largest absolute Gasteiger partial charge is 0.494 e. The average Bonchev–Trinajstić information content (AvgIpc) is 2.35. The van der Waals surface area contributed by atoms with Crippen LogP contribution < -0.4 is 4.74 Å². The summed E-state index contributed by atoms with van der Waals surface area (Å²) in [7, 11) is 4.19. The van der Waals surface area contributed by atoms with E-state index in [-0.39, 0.29) is 18.1 Å². The van der Waals surface area contributed by atoms with Gasteiger partial charge in [0.15, 0.2) is 0 Å². The molecule has 1 atom stereocenters. The summed E-state index contributed by atoms with van der Waals surface area (Å²) in [5, 5.41) is 9.80. The lowest BCUT2D eigenvalue weighted by molar-refractivity contribution is -0.0308. The predicted molar refractivity (Wildman–Crippen MR) is 77.4 cm³/mol. The zero-order valence-corrected chi connectivity index (χ0v) is 12.2. The third-order valence-electron chi connectivity index (χ3n) is 4.27. The molecule has 0 saturated heterocycles. The highest BCUT2D eigenvalue weighted by Crippen LogP contribution is 2.51. The van der Waals surface area contributed by atoms with Gasteiger partial charge in [0, 0.05) is 11.5 Å². The summed E-state index contributed by atoms with van der Waals surface area (Å²) in [6, 6.07) is 8.59. The molecule has 1 aromatic rings. The van der Waals surface area contributed by atoms with Crippen molar-refractivity contribution in [3.05, 3.63) is 29.8 Å². The predicted octanol–water partition coefficient (Wildman–Crippen LogP) is 2.85. The van der Waals surface area contributed by atoms with E-state index in [1.54, 1.807) is 0 Å². The van der Waals surface area contributed by atoms with Crippen molar-refractivity contribution in [1.82, 2.24) is 4.90 Å². The van der Waals surface area contributed by atoms with Crippen molar-refractivity contribution >= 4 is 0 Å². The monoisotopic (exact) mass is 263 g/mol. The molecule has 0 amide bonds. The fourth-order valence-corrected chi connectivity index (χ4v) is 3.26. The molecule has 2 rings (SSSR count). The minimum absolute atomic E-state index is 0.0383. The van der Waals surface area contributed by atoms with Gasteiger partial charge in [0.2, 0.25) is 0 Å². The molecular weight excluding hydrogens is 238 g/mol. The van der Waals surface area contributed by atoms with Gasteiger partial charge in [-0.15, -0.1) is 0 Å². The molecule has 0 radical (unpaired) electrons. The van der Waals surface area contributed by atoms with Gasteiger partial charge < -0.3 is 14.7 Å². The normalized spacial score (nSPS) is 19.0. The molecule has 19 heavy (non-hydrogen) atoms. The van der Waals surface area contributed by atoms with E-state index in [1.165, 1.54) is 12.0 Å². The number of hydrogen-bond acceptors (Lipinski definition) is 3. The third kappa shape index (κ3) is 2.77. The second-order valence-electron chi connectivity index (χ2n) is 5.74. The minimum Gasteiger partial charge on any atom is -0.494 e. The van der Waals surface area contributed by atoms with Crippen LogP contribution in [0.2, 0.25) is 0 Å². The van der Waals surface area contributed by atoms with Crippen LogP contribution in [-0.2, 0) is 0 Å². The van der Waals surface area contributed by atoms with Gasteiger partial charge in [0.25, 0.3) is 0 Å². The second kappa shape index (κ2) is 5.93. The Balaban J connectivity index is 2.24. The number of aliphatic hydroxyl groups excluding tert-OH is 1. The van der Waals surface area contributed by atoms with Crippen LogP contribution in [0.4, 0.5) is 0 Å². The lowest BCUT2D eigenvalue weighted by atomic mass is 9.62. The molecule has 0 heterocycles. The van der Waals surface area contributed by atoms with Gasteiger partial charge in [-0.1, -0.05) is 18.6 Å². The first-order valence-electron chi connectivity index (χ1n) is 7.13. The van der Waals surface area contributed by atoms with Gasteiger partial charge >= 0.3 is 0 Å². The molecule has 3 heteroatoms. The quantitative estimate of drug-likeness (QED) is 0.856. The first-order chi connectivity index (χ1) is 9.13. The van der Waals surface area contributed by atoms with E-state index >= 15 is 0 Å². The Morgan fingerprint density at radius 2 is 1.89 bits per heavy atom. The highest BCUT2D eigenvalue weighted by molar-refractivity contribution is 5.31. The molecule has 0 aliphatic heterocycles. The number of rotatable bonds is 6. The number of ether oxygens (including phenoxy) is 1. The molecule has 0 bridgehead atoms. The van der Waals surface area contributed by atoms with Crippen LogP contribution in [0.3, 0.4) is 0 Å². The summed E-state index contributed by atoms with van der Waals surface area (Å²) >= 11 is 0. The lowest BCUT2D eigenvalue weighted by Crippen LogP contribution is -2.45. The van der Waals surface area contributed by atoms with Crippen molar-refractivity contribution in [2.45, 2.75) is 32.2 Å². The van der Waals surface area contributed by atoms with E-state index in [4.69, 9.17) is 4.74 Å². The zero-order valence-electron chi connectivity index (χ0n) is 12.2. The maximum absolute atomic E-state index is 9.80. The average molecular weight is 263 g/mol. The SMILES string of the molecule is CCOc1ccc(C(N(C)C)C2(CO)CCC2)cc1. The van der Waals surface area contributed by atoms with Gasteiger partial charge in [-0.2, -0.15) is 0 Å². The van der Waals surface area contributed by atoms with Crippen LogP contribution >= 0.6 is 0 Å². The number of benzene rings is 1. The van der Waals surface area contributed by atoms with E-state index in [9.17, 15) is 5.11 Å². The molecule has 0 aromatic heterocycles. The van der Waals surface area contributed by atoms with Crippen molar-refractivity contribution in [1.29, 1.82) is 0 Å². The maximum atomic E-state index is 9.80. The summed E-state index contributed by atoms with van der Waals surface area (Å²) in [4.78, 5) is 2.23. The Morgan fingerprint density at radius 1 is 1.26 bits per heavy atom. The molecule has 1 unspecified atom stereocenters. The molecule has 106 valence electrons. The van der Waals surface area contributed by atoms with Crippen LogP contribution in [0, 0.1) is 5.41 Å². The van der Waals surface area contributed by atoms with Crippen molar-refractivity contribution < 1.29 is 9.84 Å². The van der Waals surface area contributed by atoms with Crippen molar-refractivity contribution in [3.8, 4) is 5.75 Å². The molecule has 1 aliphatic carbocycles. The molecule has 1 aliphatic rings. The Kier molecular flexibility index (Phi) is 4.48. The minimum atomic E-state index is 0.0383. The summed E-state index contributed by atoms with van der Waals surface area (Å²) in [5.74, 6) is 0.912. The Labute approximate surface area is 116 Å². The lowest BCUT2D eigenvalue weighted by Gasteiger charge is -2.49. The van der Waals surface area contributed by atoms with Gasteiger partial charge in [0.1, 0.15) is 5.75 Å². The van der Waals surface area contributed by atoms with Crippen LogP contribution in [0.15, 0.2) is 24.3 Å². The Bertz CT molecular complexity index is 390. The molecule has 0 spiro atoms. The molecule has 3 nitrogen and oxygen atoms in total. The van der Waals surface area contributed by atoms with Crippen LogP contribution in [0.5, 0.6) is 5.75 Å². The number of aliphatic hydroxyl groups is 1. The highest BCUT2D eigenvalue weighted by Gasteiger charge is 2.45. The zero-order chi connectivity index (χ0) is 13.9. The van der Waals surface area contributed by atoms with Gasteiger partial charge in [-0.05, 0) is 51.6 Å². The van der Waals surface area contributed by atoms with E-state index < -0.39 is 0 Å². The first-order valence-corrected chi connectivity index (χ1v) is 7.13. The fraction of sp³-hybridized carbons (Fsp3) is 0.625. The smallest absolute Gasteiger partial charge is 0.119 e. The summed E-state index contributed by atoms with van der Waals surface area (Å²) in [5.41, 5.74) is 1.30. The van der Waals surface area contributed by atoms with E-state index in [1.807, 2.05) is 19.1 Å². The van der Waals surface area contributed by atoms with Gasteiger partial charge in [-0.3, -0.25) is 0 Å². The topological polar surface area (TPSA) is 32.7 Å². The summed E-state index contributed by atoms with van der Waals surface area (Å²) < 4.78 is 5.49. The van der Waals surface area contributed by atoms with Crippen molar-refractivity contribution in [3.63, 3.8) is 0 Å². The van der Waals surface area contributed by atoms with Crippen LogP contribution in [0.1, 0.15) is 37.8 Å². The first kappa shape index (κ1) is 14.4. The van der Waals surface area contributed by atoms with E-state index in [0.29, 0.717) is 6.61 Å². The summed E-state index contributed by atoms with van der Waals surface area (Å²) in [6.07, 6.45) is 3.45. The van der Waals surface area contributed by atoms with Crippen molar-refractivity contribution in [2.24, 2.45) is 5.41 Å². The highest BCUT2D eigenvalue weighted by atomic mass is 16.5. The summed E-state index contributed by atoms with van der Waals surface area (Å²) in [6.45, 7) is 2.95. The maximum Gasteiger partial charge on any atom is 0.119 e. The number of hydrogen-bond donors (Lipinski definition) is 1. The van der Waals surface area contributed by atoms with Gasteiger partial charge in [0.05, 0.1) is 13.2 Å². The van der Waals surface area contributed by atoms with E-state index in [2.05, 4.69) is 31.1 Å². The third-order valence-corrected chi connectivity index (χ3v) is 4.27. The molecular formula is C16H25NO2. The Hall–Kier alpha value is -1.06. The Morgan fingerprint density at radius 3 is 2.26 bits per heavy atom. The standard InChI is InChI=1S/C16H25NO2/c1-4-19-14-8-6-13(7-9-14)15(17(2)3)16(12-18)10-5-11-16/h6-9,15,18H,4-5,10-12H2,1-3H3.